The van der Waals surface area contributed by atoms with Crippen molar-refractivity contribution in [3.8, 4) is 17.1 Å². The fraction of sp³-hybridized carbons (Fsp3) is 0.500. The lowest BCUT2D eigenvalue weighted by Gasteiger charge is -2.12. The van der Waals surface area contributed by atoms with E-state index in [-0.39, 0.29) is 16.0 Å². The van der Waals surface area contributed by atoms with Gasteiger partial charge in [-0.05, 0) is 6.92 Å². The third kappa shape index (κ3) is 4.87. The summed E-state index contributed by atoms with van der Waals surface area (Å²) in [4.78, 5) is 4.14. The van der Waals surface area contributed by atoms with Crippen LogP contribution in [0.5, 0.6) is 11.1 Å². The topological polar surface area (TPSA) is 90.7 Å². The number of thiazole rings is 1. The zero-order valence-corrected chi connectivity index (χ0v) is 13.7. The van der Waals surface area contributed by atoms with Gasteiger partial charge in [-0.15, -0.1) is 0 Å². The van der Waals surface area contributed by atoms with E-state index in [1.807, 2.05) is 6.07 Å². The molecule has 0 atom stereocenters. The van der Waals surface area contributed by atoms with Crippen molar-refractivity contribution in [2.75, 3.05) is 20.8 Å². The van der Waals surface area contributed by atoms with Gasteiger partial charge in [0.2, 0.25) is 0 Å². The molecule has 0 aromatic carbocycles. The molecule has 19 heavy (non-hydrogen) atoms. The molecule has 0 N–H and O–H groups in total. The second-order valence-corrected chi connectivity index (χ2v) is 10.2. The highest BCUT2D eigenvalue weighted by atomic mass is 33.1. The zero-order chi connectivity index (χ0) is 14.3. The minimum Gasteiger partial charge on any atom is -0.470 e. The number of nitrogens with zero attached hydrogens (tertiary/aromatic N) is 2. The van der Waals surface area contributed by atoms with Crippen molar-refractivity contribution in [2.24, 2.45) is 0 Å². The maximum absolute atomic E-state index is 12.3. The molecular weight excluding hydrogens is 331 g/mol. The van der Waals surface area contributed by atoms with Crippen molar-refractivity contribution in [3.05, 3.63) is 4.88 Å². The predicted molar refractivity (Wildman–Crippen MR) is 75.4 cm³/mol. The van der Waals surface area contributed by atoms with Gasteiger partial charge in [0.15, 0.2) is 4.88 Å². The Labute approximate surface area is 123 Å². The molecule has 0 radical (unpaired) electrons. The summed E-state index contributed by atoms with van der Waals surface area (Å²) in [5.74, 6) is -3.41. The van der Waals surface area contributed by atoms with Crippen LogP contribution in [0.1, 0.15) is 11.8 Å². The Morgan fingerprint density at radius 2 is 2.05 bits per heavy atom. The second kappa shape index (κ2) is 7.99. The molecule has 0 saturated heterocycles. The summed E-state index contributed by atoms with van der Waals surface area (Å²) in [7, 11) is 2.71. The molecule has 1 rings (SSSR count). The van der Waals surface area contributed by atoms with Crippen molar-refractivity contribution in [3.63, 3.8) is 0 Å². The quantitative estimate of drug-likeness (QED) is 0.520. The lowest BCUT2D eigenvalue weighted by molar-refractivity contribution is 0.335. The maximum Gasteiger partial charge on any atom is 0.413 e. The van der Waals surface area contributed by atoms with Crippen molar-refractivity contribution in [2.45, 2.75) is 6.92 Å². The highest BCUT2D eigenvalue weighted by Gasteiger charge is 2.32. The Morgan fingerprint density at radius 3 is 2.53 bits per heavy atom. The van der Waals surface area contributed by atoms with E-state index in [2.05, 4.69) is 4.98 Å². The number of aromatic nitrogens is 1. The summed E-state index contributed by atoms with van der Waals surface area (Å²) < 4.78 is 32.2. The summed E-state index contributed by atoms with van der Waals surface area (Å²) >= 11 is 2.27. The Bertz CT molecular complexity index is 493. The number of ether oxygens (including phenoxy) is 1. The van der Waals surface area contributed by atoms with Crippen molar-refractivity contribution in [1.29, 1.82) is 5.26 Å². The number of rotatable bonds is 8. The van der Waals surface area contributed by atoms with Crippen LogP contribution in [-0.4, -0.2) is 25.8 Å². The molecule has 0 aliphatic heterocycles. The summed E-state index contributed by atoms with van der Waals surface area (Å²) in [5, 5.41) is 9.26. The molecule has 11 heteroatoms. The number of hydrogen-bond donors (Lipinski definition) is 0. The molecule has 0 saturated carbocycles. The van der Waals surface area contributed by atoms with E-state index in [0.29, 0.717) is 29.9 Å². The standard InChI is InChI=1S/C8H11N2O5PS3/c1-4-14-8-10-7(6(5-9)17-8)15-16(11,18-12-2)19-13-3/h4H2,1-3H3. The van der Waals surface area contributed by atoms with E-state index >= 15 is 0 Å². The molecule has 7 nitrogen and oxygen atoms in total. The van der Waals surface area contributed by atoms with Crippen LogP contribution in [0.3, 0.4) is 0 Å². The Morgan fingerprint density at radius 1 is 1.42 bits per heavy atom. The first kappa shape index (κ1) is 16.6. The van der Waals surface area contributed by atoms with Crippen LogP contribution in [0.25, 0.3) is 0 Å². The van der Waals surface area contributed by atoms with Crippen LogP contribution in [0.15, 0.2) is 0 Å². The fourth-order valence-corrected chi connectivity index (χ4v) is 5.59. The Balaban J connectivity index is 2.95. The molecular formula is C8H11N2O5PS3. The van der Waals surface area contributed by atoms with Crippen LogP contribution in [0.4, 0.5) is 0 Å². The summed E-state index contributed by atoms with van der Waals surface area (Å²) in [6, 6.07) is 1.91. The van der Waals surface area contributed by atoms with Gasteiger partial charge in [0.1, 0.15) is 29.4 Å². The molecule has 106 valence electrons. The summed E-state index contributed by atoms with van der Waals surface area (Å²) in [6.45, 7) is 2.20. The molecule has 1 heterocycles. The Hall–Kier alpha value is -0.430. The van der Waals surface area contributed by atoms with E-state index in [4.69, 9.17) is 22.9 Å². The van der Waals surface area contributed by atoms with Gasteiger partial charge < -0.3 is 17.6 Å². The molecule has 0 amide bonds. The zero-order valence-electron chi connectivity index (χ0n) is 10.3. The monoisotopic (exact) mass is 342 g/mol. The van der Waals surface area contributed by atoms with E-state index in [0.717, 1.165) is 11.3 Å². The van der Waals surface area contributed by atoms with Gasteiger partial charge in [-0.3, -0.25) is 0 Å². The van der Waals surface area contributed by atoms with Crippen molar-refractivity contribution >= 4 is 40.4 Å². The largest absolute Gasteiger partial charge is 0.470 e. The molecule has 0 fully saturated rings. The third-order valence-corrected chi connectivity index (χ3v) is 6.92. The van der Waals surface area contributed by atoms with Gasteiger partial charge in [0.25, 0.3) is 11.1 Å². The van der Waals surface area contributed by atoms with Crippen LogP contribution in [0.2, 0.25) is 0 Å². The van der Waals surface area contributed by atoms with Crippen LogP contribution >= 0.6 is 40.4 Å². The lowest BCUT2D eigenvalue weighted by Crippen LogP contribution is -1.92. The van der Waals surface area contributed by atoms with Crippen LogP contribution in [0, 0.1) is 11.3 Å². The predicted octanol–water partition coefficient (Wildman–Crippen LogP) is 3.49. The van der Waals surface area contributed by atoms with Gasteiger partial charge in [-0.2, -0.15) is 10.2 Å². The molecule has 0 bridgehead atoms. The van der Waals surface area contributed by atoms with Gasteiger partial charge in [-0.25, -0.2) is 4.57 Å². The SMILES string of the molecule is CCOc1nc(OP(=O)(SOC)SOC)c(C#N)s1. The third-order valence-electron chi connectivity index (χ3n) is 1.48. The molecule has 0 aliphatic carbocycles. The van der Waals surface area contributed by atoms with E-state index < -0.39 is 5.77 Å². The van der Waals surface area contributed by atoms with Gasteiger partial charge in [0, 0.05) is 0 Å². The molecule has 0 aliphatic rings. The minimum atomic E-state index is -3.36. The highest BCUT2D eigenvalue weighted by molar-refractivity contribution is 8.87. The smallest absolute Gasteiger partial charge is 0.413 e. The first-order chi connectivity index (χ1) is 9.08. The normalized spacial score (nSPS) is 11.1. The number of nitriles is 1. The first-order valence-electron chi connectivity index (χ1n) is 4.86. The van der Waals surface area contributed by atoms with Gasteiger partial charge >= 0.3 is 5.77 Å². The average Bonchev–Trinajstić information content (AvgIpc) is 2.71. The van der Waals surface area contributed by atoms with Crippen molar-refractivity contribution in [1.82, 2.24) is 4.98 Å². The maximum atomic E-state index is 12.3. The minimum absolute atomic E-state index is 0.0478. The van der Waals surface area contributed by atoms with Gasteiger partial charge in [-0.1, -0.05) is 11.3 Å². The second-order valence-electron chi connectivity index (χ2n) is 2.68. The summed E-state index contributed by atoms with van der Waals surface area (Å²) in [5.41, 5.74) is 0. The summed E-state index contributed by atoms with van der Waals surface area (Å²) in [6.07, 6.45) is 0. The molecule has 1 aromatic heterocycles. The number of hydrogen-bond acceptors (Lipinski definition) is 10. The van der Waals surface area contributed by atoms with Crippen LogP contribution in [-0.2, 0) is 12.9 Å². The first-order valence-corrected chi connectivity index (χ1v) is 10.00. The van der Waals surface area contributed by atoms with Gasteiger partial charge in [0.05, 0.1) is 20.8 Å². The average molecular weight is 342 g/mol. The van der Waals surface area contributed by atoms with E-state index in [1.165, 1.54) is 14.2 Å². The molecule has 0 spiro atoms. The van der Waals surface area contributed by atoms with Crippen molar-refractivity contribution < 1.29 is 22.2 Å². The fourth-order valence-electron chi connectivity index (χ4n) is 0.937. The molecule has 1 aromatic rings. The lowest BCUT2D eigenvalue weighted by atomic mass is 10.6. The van der Waals surface area contributed by atoms with E-state index in [9.17, 15) is 4.57 Å². The molecule has 0 unspecified atom stereocenters. The Kier molecular flexibility index (Phi) is 6.99. The van der Waals surface area contributed by atoms with Crippen LogP contribution < -0.4 is 9.26 Å². The highest BCUT2D eigenvalue weighted by Crippen LogP contribution is 2.69. The van der Waals surface area contributed by atoms with E-state index in [1.54, 1.807) is 6.92 Å².